The normalized spacial score (nSPS) is 20.8. The van der Waals surface area contributed by atoms with Crippen molar-refractivity contribution in [1.82, 2.24) is 0 Å². The maximum absolute atomic E-state index is 12.3. The minimum absolute atomic E-state index is 0.0606. The van der Waals surface area contributed by atoms with Crippen LogP contribution in [-0.4, -0.2) is 46.6 Å². The van der Waals surface area contributed by atoms with E-state index in [0.29, 0.717) is 37.4 Å². The van der Waals surface area contributed by atoms with E-state index < -0.39 is 18.2 Å². The number of carboxylic acid groups (broad SMARTS) is 1. The van der Waals surface area contributed by atoms with Crippen LogP contribution in [0.15, 0.2) is 0 Å². The second-order valence-corrected chi connectivity index (χ2v) is 9.20. The molecule has 0 aromatic heterocycles. The summed E-state index contributed by atoms with van der Waals surface area (Å²) < 4.78 is 5.22. The largest absolute Gasteiger partial charge is 0.481 e. The fourth-order valence-corrected chi connectivity index (χ4v) is 4.73. The van der Waals surface area contributed by atoms with Gasteiger partial charge in [0, 0.05) is 25.6 Å². The number of carbonyl (C=O) groups excluding carboxylic acids is 1. The van der Waals surface area contributed by atoms with Crippen molar-refractivity contribution in [1.29, 1.82) is 0 Å². The van der Waals surface area contributed by atoms with Crippen LogP contribution in [0.1, 0.15) is 110 Å². The van der Waals surface area contributed by atoms with E-state index in [0.717, 1.165) is 32.1 Å². The first kappa shape index (κ1) is 28.1. The highest BCUT2D eigenvalue weighted by molar-refractivity contribution is 5.83. The number of aliphatic hydroxyl groups is 2. The Morgan fingerprint density at radius 2 is 1.68 bits per heavy atom. The van der Waals surface area contributed by atoms with E-state index in [1.54, 1.807) is 0 Å². The number of aliphatic hydroxyl groups excluding tert-OH is 2. The fourth-order valence-electron chi connectivity index (χ4n) is 4.73. The van der Waals surface area contributed by atoms with Crippen LogP contribution < -0.4 is 0 Å². The molecule has 1 aliphatic rings. The Bertz CT molecular complexity index is 481. The molecule has 6 heteroatoms. The van der Waals surface area contributed by atoms with Gasteiger partial charge in [-0.25, -0.2) is 0 Å². The van der Waals surface area contributed by atoms with E-state index in [1.807, 2.05) is 0 Å². The van der Waals surface area contributed by atoms with Crippen LogP contribution in [-0.2, 0) is 14.3 Å². The van der Waals surface area contributed by atoms with Crippen LogP contribution >= 0.6 is 0 Å². The lowest BCUT2D eigenvalue weighted by Crippen LogP contribution is -2.30. The molecule has 1 saturated carbocycles. The lowest BCUT2D eigenvalue weighted by atomic mass is 9.86. The van der Waals surface area contributed by atoms with Crippen molar-refractivity contribution in [3.8, 4) is 0 Å². The van der Waals surface area contributed by atoms with Gasteiger partial charge >= 0.3 is 5.97 Å². The Hall–Kier alpha value is -0.980. The van der Waals surface area contributed by atoms with Crippen molar-refractivity contribution in [3.05, 3.63) is 0 Å². The molecular weight excluding hydrogens is 396 g/mol. The Morgan fingerprint density at radius 3 is 2.39 bits per heavy atom. The van der Waals surface area contributed by atoms with Gasteiger partial charge in [-0.1, -0.05) is 64.7 Å². The van der Waals surface area contributed by atoms with Gasteiger partial charge in [-0.2, -0.15) is 0 Å². The fraction of sp³-hybridized carbons (Fsp3) is 0.920. The van der Waals surface area contributed by atoms with Crippen LogP contribution in [0.3, 0.4) is 0 Å². The van der Waals surface area contributed by atoms with E-state index >= 15 is 0 Å². The second kappa shape index (κ2) is 17.6. The number of unbranched alkanes of at least 4 members (excludes halogenated alkanes) is 8. The number of carboxylic acids is 1. The summed E-state index contributed by atoms with van der Waals surface area (Å²) in [5.41, 5.74) is 0. The Kier molecular flexibility index (Phi) is 15.9. The molecule has 31 heavy (non-hydrogen) atoms. The number of hydrogen-bond acceptors (Lipinski definition) is 5. The molecule has 0 aromatic rings. The number of carbonyl (C=O) groups is 2. The number of hydrogen-bond donors (Lipinski definition) is 3. The van der Waals surface area contributed by atoms with Gasteiger partial charge in [-0.05, 0) is 44.4 Å². The van der Waals surface area contributed by atoms with Crippen LogP contribution in [0.5, 0.6) is 0 Å². The molecule has 1 aliphatic carbocycles. The lowest BCUT2D eigenvalue weighted by molar-refractivity contribution is -0.171. The summed E-state index contributed by atoms with van der Waals surface area (Å²) in [6.45, 7) is 2.54. The second-order valence-electron chi connectivity index (χ2n) is 9.20. The topological polar surface area (TPSA) is 104 Å². The summed E-state index contributed by atoms with van der Waals surface area (Å²) in [6, 6.07) is 0. The zero-order chi connectivity index (χ0) is 22.9. The SMILES string of the molecule is CCCCCCCC[C@H]1CCC(=O)[C@@H]1CCCCCC(C(=O)O)C(O)OCCCCO. The van der Waals surface area contributed by atoms with E-state index in [9.17, 15) is 19.8 Å². The number of Topliss-reactive ketones (excluding diaryl/α,β-unsaturated/α-hetero) is 1. The summed E-state index contributed by atoms with van der Waals surface area (Å²) in [6.07, 6.45) is 14.3. The van der Waals surface area contributed by atoms with E-state index in [1.165, 1.54) is 44.9 Å². The van der Waals surface area contributed by atoms with Gasteiger partial charge in [0.25, 0.3) is 0 Å². The minimum atomic E-state index is -1.31. The molecule has 2 unspecified atom stereocenters. The highest BCUT2D eigenvalue weighted by Gasteiger charge is 2.33. The van der Waals surface area contributed by atoms with E-state index in [2.05, 4.69) is 6.92 Å². The van der Waals surface area contributed by atoms with Gasteiger partial charge in [-0.3, -0.25) is 9.59 Å². The highest BCUT2D eigenvalue weighted by atomic mass is 16.6. The molecular formula is C25H46O6. The first-order valence-corrected chi connectivity index (χ1v) is 12.7. The van der Waals surface area contributed by atoms with Gasteiger partial charge in [-0.15, -0.1) is 0 Å². The molecule has 0 aromatic carbocycles. The van der Waals surface area contributed by atoms with Crippen LogP contribution in [0.2, 0.25) is 0 Å². The maximum atomic E-state index is 12.3. The van der Waals surface area contributed by atoms with Crippen LogP contribution in [0, 0.1) is 17.8 Å². The third-order valence-corrected chi connectivity index (χ3v) is 6.71. The average molecular weight is 443 g/mol. The summed E-state index contributed by atoms with van der Waals surface area (Å²) in [5, 5.41) is 28.1. The summed E-state index contributed by atoms with van der Waals surface area (Å²) in [5.74, 6) is -0.806. The van der Waals surface area contributed by atoms with Crippen molar-refractivity contribution in [2.24, 2.45) is 17.8 Å². The van der Waals surface area contributed by atoms with Gasteiger partial charge in [0.2, 0.25) is 0 Å². The summed E-state index contributed by atoms with van der Waals surface area (Å²) in [4.78, 5) is 23.8. The molecule has 1 fully saturated rings. The monoisotopic (exact) mass is 442 g/mol. The molecule has 0 aliphatic heterocycles. The molecule has 6 nitrogen and oxygen atoms in total. The molecule has 0 amide bonds. The first-order chi connectivity index (χ1) is 15.0. The van der Waals surface area contributed by atoms with Crippen molar-refractivity contribution in [2.45, 2.75) is 116 Å². The van der Waals surface area contributed by atoms with Crippen molar-refractivity contribution >= 4 is 11.8 Å². The number of rotatable bonds is 20. The van der Waals surface area contributed by atoms with Gasteiger partial charge in [0.1, 0.15) is 11.7 Å². The van der Waals surface area contributed by atoms with Crippen molar-refractivity contribution in [2.75, 3.05) is 13.2 Å². The first-order valence-electron chi connectivity index (χ1n) is 12.7. The van der Waals surface area contributed by atoms with Gasteiger partial charge in [0.15, 0.2) is 6.29 Å². The predicted octanol–water partition coefficient (Wildman–Crippen LogP) is 5.09. The Balaban J connectivity index is 2.24. The molecule has 4 atom stereocenters. The summed E-state index contributed by atoms with van der Waals surface area (Å²) >= 11 is 0. The summed E-state index contributed by atoms with van der Waals surface area (Å²) in [7, 11) is 0. The zero-order valence-electron chi connectivity index (χ0n) is 19.6. The molecule has 3 N–H and O–H groups in total. The molecule has 0 spiro atoms. The lowest BCUT2D eigenvalue weighted by Gasteiger charge is -2.20. The van der Waals surface area contributed by atoms with Crippen molar-refractivity contribution in [3.63, 3.8) is 0 Å². The highest BCUT2D eigenvalue weighted by Crippen LogP contribution is 2.36. The maximum Gasteiger partial charge on any atom is 0.311 e. The zero-order valence-corrected chi connectivity index (χ0v) is 19.6. The van der Waals surface area contributed by atoms with Crippen molar-refractivity contribution < 1.29 is 29.6 Å². The minimum Gasteiger partial charge on any atom is -0.481 e. The van der Waals surface area contributed by atoms with E-state index in [-0.39, 0.29) is 19.1 Å². The van der Waals surface area contributed by atoms with E-state index in [4.69, 9.17) is 9.84 Å². The van der Waals surface area contributed by atoms with Gasteiger partial charge in [0.05, 0.1) is 0 Å². The Morgan fingerprint density at radius 1 is 1.00 bits per heavy atom. The average Bonchev–Trinajstić information content (AvgIpc) is 3.09. The van der Waals surface area contributed by atoms with Gasteiger partial charge < -0.3 is 20.1 Å². The molecule has 0 bridgehead atoms. The number of ether oxygens (including phenoxy) is 1. The molecule has 1 rings (SSSR count). The Labute approximate surface area is 188 Å². The number of ketones is 1. The quantitative estimate of drug-likeness (QED) is 0.179. The number of aliphatic carboxylic acids is 1. The predicted molar refractivity (Wildman–Crippen MR) is 122 cm³/mol. The third-order valence-electron chi connectivity index (χ3n) is 6.71. The molecule has 182 valence electrons. The third kappa shape index (κ3) is 12.0. The van der Waals surface area contributed by atoms with Crippen LogP contribution in [0.25, 0.3) is 0 Å². The molecule has 0 radical (unpaired) electrons. The smallest absolute Gasteiger partial charge is 0.311 e. The molecule has 0 saturated heterocycles. The van der Waals surface area contributed by atoms with Crippen LogP contribution in [0.4, 0.5) is 0 Å². The standard InChI is InChI=1S/C25H46O6/c1-2-3-4-5-6-8-13-20-16-17-23(27)21(20)14-9-7-10-15-22(24(28)29)25(30)31-19-12-11-18-26/h20-22,25-26,30H,2-19H2,1H3,(H,28,29)/t20-,21+,22?,25?/m0/s1. The molecule has 0 heterocycles.